The van der Waals surface area contributed by atoms with E-state index in [2.05, 4.69) is 125 Å². The van der Waals surface area contributed by atoms with Crippen LogP contribution < -0.4 is 0 Å². The molecule has 0 heteroatoms. The fourth-order valence-electron chi connectivity index (χ4n) is 6.56. The van der Waals surface area contributed by atoms with Crippen LogP contribution in [0.5, 0.6) is 0 Å². The Kier molecular flexibility index (Phi) is 6.71. The molecule has 1 rings (SSSR count). The van der Waals surface area contributed by atoms with Crippen LogP contribution in [0.15, 0.2) is 33.4 Å². The molecule has 0 aromatic heterocycles. The van der Waals surface area contributed by atoms with Gasteiger partial charge in [-0.15, -0.1) is 0 Å². The molecule has 0 spiro atoms. The van der Waals surface area contributed by atoms with E-state index < -0.39 is 0 Å². The molecule has 0 amide bonds. The summed E-state index contributed by atoms with van der Waals surface area (Å²) in [5.41, 5.74) is 10.3. The first-order valence-electron chi connectivity index (χ1n) is 12.0. The molecule has 0 saturated heterocycles. The number of hydrogen-bond acceptors (Lipinski definition) is 0. The molecular weight excluding hydrogens is 360 g/mol. The number of rotatable bonds is 0. The van der Waals surface area contributed by atoms with Crippen molar-refractivity contribution in [2.75, 3.05) is 0 Å². The Balaban J connectivity index is 4.46. The molecule has 1 fully saturated rings. The molecule has 1 aliphatic carbocycles. The maximum absolute atomic E-state index is 2.40. The molecule has 1 saturated carbocycles. The zero-order valence-corrected chi connectivity index (χ0v) is 24.0. The van der Waals surface area contributed by atoms with Gasteiger partial charge < -0.3 is 0 Å². The van der Waals surface area contributed by atoms with E-state index in [0.717, 1.165) is 0 Å². The predicted octanol–water partition coefficient (Wildman–Crippen LogP) is 10.2. The molecule has 0 bridgehead atoms. The van der Waals surface area contributed by atoms with Gasteiger partial charge in [0.2, 0.25) is 0 Å². The van der Waals surface area contributed by atoms with E-state index in [1.54, 1.807) is 33.4 Å². The van der Waals surface area contributed by atoms with Gasteiger partial charge in [0, 0.05) is 0 Å². The Morgan fingerprint density at radius 1 is 0.267 bits per heavy atom. The summed E-state index contributed by atoms with van der Waals surface area (Å²) in [5, 5.41) is 0. The van der Waals surface area contributed by atoms with Crippen LogP contribution in [0.3, 0.4) is 0 Å². The third-order valence-electron chi connectivity index (χ3n) is 5.94. The minimum Gasteiger partial charge on any atom is -0.0564 e. The fraction of sp³-hybridized carbons (Fsp3) is 0.800. The summed E-state index contributed by atoms with van der Waals surface area (Å²) in [6.07, 6.45) is 0. The Hall–Kier alpha value is -0.780. The van der Waals surface area contributed by atoms with Gasteiger partial charge in [0.1, 0.15) is 0 Å². The van der Waals surface area contributed by atoms with Gasteiger partial charge in [0.15, 0.2) is 0 Å². The highest BCUT2D eigenvalue weighted by molar-refractivity contribution is 5.85. The van der Waals surface area contributed by atoms with Crippen LogP contribution >= 0.6 is 0 Å². The van der Waals surface area contributed by atoms with Crippen LogP contribution in [-0.4, -0.2) is 0 Å². The Bertz CT molecular complexity index is 593. The molecule has 0 atom stereocenters. The Morgan fingerprint density at radius 2 is 0.367 bits per heavy atom. The van der Waals surface area contributed by atoms with E-state index in [0.29, 0.717) is 0 Å². The monoisotopic (exact) mass is 414 g/mol. The lowest BCUT2D eigenvalue weighted by molar-refractivity contribution is 0.355. The normalized spacial score (nSPS) is 16.8. The van der Waals surface area contributed by atoms with Crippen molar-refractivity contribution in [2.45, 2.75) is 125 Å². The standard InChI is InChI=1S/C30H54/c1-25(2,3)22(26(4,5)6)19-20(23(27(7,8)9)28(10,11)12)21(19)24(29(13,14)15)30(16,17)18/h1-18H3. The highest BCUT2D eigenvalue weighted by atomic mass is 14.5. The molecule has 0 aliphatic heterocycles. The average molecular weight is 415 g/mol. The second-order valence-electron chi connectivity index (χ2n) is 15.8. The minimum atomic E-state index is 0.127. The largest absolute Gasteiger partial charge is 0.0564 e. The lowest BCUT2D eigenvalue weighted by Gasteiger charge is -2.35. The first kappa shape index (κ1) is 27.3. The predicted molar refractivity (Wildman–Crippen MR) is 138 cm³/mol. The molecule has 0 aromatic carbocycles. The van der Waals surface area contributed by atoms with Gasteiger partial charge in [-0.1, -0.05) is 141 Å². The van der Waals surface area contributed by atoms with Crippen LogP contribution in [0.2, 0.25) is 0 Å². The van der Waals surface area contributed by atoms with E-state index in [-0.39, 0.29) is 32.5 Å². The summed E-state index contributed by atoms with van der Waals surface area (Å²) in [6.45, 7) is 43.2. The maximum Gasteiger partial charge on any atom is -0.00964 e. The van der Waals surface area contributed by atoms with Crippen LogP contribution in [0.25, 0.3) is 0 Å². The molecule has 0 nitrogen and oxygen atoms in total. The summed E-state index contributed by atoms with van der Waals surface area (Å²) < 4.78 is 0. The fourth-order valence-corrected chi connectivity index (χ4v) is 6.56. The SMILES string of the molecule is CC(C)(C)C(=C1C(=C(C(C)(C)C)C(C)(C)C)C1=C(C(C)(C)C)C(C)(C)C)C(C)(C)C. The quantitative estimate of drug-likeness (QED) is 0.370. The highest BCUT2D eigenvalue weighted by Gasteiger charge is 2.50. The Morgan fingerprint density at radius 3 is 0.433 bits per heavy atom. The van der Waals surface area contributed by atoms with E-state index in [4.69, 9.17) is 0 Å². The zero-order chi connectivity index (χ0) is 24.5. The maximum atomic E-state index is 2.40. The molecular formula is C30H54. The van der Waals surface area contributed by atoms with Crippen molar-refractivity contribution in [1.29, 1.82) is 0 Å². The van der Waals surface area contributed by atoms with Gasteiger partial charge in [0.25, 0.3) is 0 Å². The van der Waals surface area contributed by atoms with Crippen LogP contribution in [-0.2, 0) is 0 Å². The molecule has 30 heavy (non-hydrogen) atoms. The van der Waals surface area contributed by atoms with Crippen molar-refractivity contribution in [3.05, 3.63) is 33.4 Å². The minimum absolute atomic E-state index is 0.127. The summed E-state index contributed by atoms with van der Waals surface area (Å²) in [4.78, 5) is 0. The van der Waals surface area contributed by atoms with Crippen LogP contribution in [0, 0.1) is 32.5 Å². The van der Waals surface area contributed by atoms with Gasteiger partial charge in [-0.3, -0.25) is 0 Å². The van der Waals surface area contributed by atoms with Gasteiger partial charge in [-0.25, -0.2) is 0 Å². The molecule has 174 valence electrons. The van der Waals surface area contributed by atoms with Crippen LogP contribution in [0.4, 0.5) is 0 Å². The van der Waals surface area contributed by atoms with Crippen molar-refractivity contribution in [1.82, 2.24) is 0 Å². The summed E-state index contributed by atoms with van der Waals surface area (Å²) in [6, 6.07) is 0. The van der Waals surface area contributed by atoms with E-state index in [1.165, 1.54) is 0 Å². The first-order valence-corrected chi connectivity index (χ1v) is 12.0. The van der Waals surface area contributed by atoms with Gasteiger partial charge >= 0.3 is 0 Å². The smallest absolute Gasteiger partial charge is 0.00964 e. The Labute approximate surface area is 190 Å². The molecule has 0 unspecified atom stereocenters. The molecule has 1 aliphatic rings. The molecule has 0 radical (unpaired) electrons. The molecule has 0 aromatic rings. The number of allylic oxidation sites excluding steroid dienone is 6. The van der Waals surface area contributed by atoms with Gasteiger partial charge in [-0.05, 0) is 49.2 Å². The van der Waals surface area contributed by atoms with Gasteiger partial charge in [-0.2, -0.15) is 0 Å². The van der Waals surface area contributed by atoms with Crippen molar-refractivity contribution in [3.8, 4) is 0 Å². The van der Waals surface area contributed by atoms with Gasteiger partial charge in [0.05, 0.1) is 0 Å². The van der Waals surface area contributed by atoms with Crippen molar-refractivity contribution in [3.63, 3.8) is 0 Å². The second-order valence-corrected chi connectivity index (χ2v) is 15.8. The lowest BCUT2D eigenvalue weighted by atomic mass is 9.69. The molecule has 0 N–H and O–H groups in total. The zero-order valence-electron chi connectivity index (χ0n) is 24.0. The summed E-state index contributed by atoms with van der Waals surface area (Å²) >= 11 is 0. The summed E-state index contributed by atoms with van der Waals surface area (Å²) in [5.74, 6) is 0. The van der Waals surface area contributed by atoms with Crippen molar-refractivity contribution < 1.29 is 0 Å². The van der Waals surface area contributed by atoms with Crippen molar-refractivity contribution >= 4 is 0 Å². The first-order chi connectivity index (χ1) is 12.7. The third kappa shape index (κ3) is 5.72. The highest BCUT2D eigenvalue weighted by Crippen LogP contribution is 2.64. The topological polar surface area (TPSA) is 0 Å². The average Bonchev–Trinajstić information content (AvgIpc) is 2.90. The lowest BCUT2D eigenvalue weighted by Crippen LogP contribution is -2.24. The summed E-state index contributed by atoms with van der Waals surface area (Å²) in [7, 11) is 0. The number of hydrogen-bond donors (Lipinski definition) is 0. The van der Waals surface area contributed by atoms with Crippen LogP contribution in [0.1, 0.15) is 125 Å². The second kappa shape index (κ2) is 7.38. The van der Waals surface area contributed by atoms with E-state index in [1.807, 2.05) is 0 Å². The molecule has 0 heterocycles. The third-order valence-corrected chi connectivity index (χ3v) is 5.94. The van der Waals surface area contributed by atoms with E-state index >= 15 is 0 Å². The van der Waals surface area contributed by atoms with E-state index in [9.17, 15) is 0 Å². The van der Waals surface area contributed by atoms with Crippen molar-refractivity contribution in [2.24, 2.45) is 32.5 Å².